The highest BCUT2D eigenvalue weighted by Crippen LogP contribution is 2.34. The minimum absolute atomic E-state index is 0.0179. The molecule has 0 aliphatic heterocycles. The highest BCUT2D eigenvalue weighted by Gasteiger charge is 2.17. The van der Waals surface area contributed by atoms with Crippen molar-refractivity contribution in [3.63, 3.8) is 0 Å². The summed E-state index contributed by atoms with van der Waals surface area (Å²) in [5.74, 6) is -2.63. The third kappa shape index (κ3) is 4.68. The van der Waals surface area contributed by atoms with Gasteiger partial charge in [0.15, 0.2) is 0 Å². The van der Waals surface area contributed by atoms with Crippen LogP contribution in [0.15, 0.2) is 64.9 Å². The van der Waals surface area contributed by atoms with Crippen molar-refractivity contribution < 1.29 is 22.8 Å². The van der Waals surface area contributed by atoms with Gasteiger partial charge in [0.05, 0.1) is 10.5 Å². The summed E-state index contributed by atoms with van der Waals surface area (Å²) in [4.78, 5) is 23.0. The molecule has 0 amide bonds. The van der Waals surface area contributed by atoms with Crippen LogP contribution in [0.1, 0.15) is 6.92 Å². The normalized spacial score (nSPS) is 10.5. The van der Waals surface area contributed by atoms with Gasteiger partial charge in [-0.1, -0.05) is 19.2 Å². The van der Waals surface area contributed by atoms with Crippen molar-refractivity contribution in [3.05, 3.63) is 72.6 Å². The van der Waals surface area contributed by atoms with Gasteiger partial charge < -0.3 is 0 Å². The number of carbonyl (C=O) groups excluding carboxylic acids is 2. The van der Waals surface area contributed by atoms with Crippen LogP contribution in [0.5, 0.6) is 0 Å². The molecule has 134 valence electrons. The largest absolute Gasteiger partial charge is 0.282 e. The molecule has 2 nitrogen and oxygen atoms in total. The first-order valence-corrected chi connectivity index (χ1v) is 8.87. The first kappa shape index (κ1) is 20.1. The maximum atomic E-state index is 14.4. The Hall–Kier alpha value is -2.25. The zero-order chi connectivity index (χ0) is 19.4. The summed E-state index contributed by atoms with van der Waals surface area (Å²) in [5.41, 5.74) is -0.178. The van der Waals surface area contributed by atoms with Crippen molar-refractivity contribution in [2.24, 2.45) is 0 Å². The van der Waals surface area contributed by atoms with Gasteiger partial charge in [-0.25, -0.2) is 13.2 Å². The highest BCUT2D eigenvalue weighted by molar-refractivity contribution is 8.14. The van der Waals surface area contributed by atoms with Crippen molar-refractivity contribution in [1.29, 1.82) is 0 Å². The van der Waals surface area contributed by atoms with Crippen molar-refractivity contribution in [3.8, 4) is 11.1 Å². The van der Waals surface area contributed by atoms with Crippen LogP contribution >= 0.6 is 23.5 Å². The van der Waals surface area contributed by atoms with Crippen LogP contribution in [0.25, 0.3) is 11.1 Å². The first-order chi connectivity index (χ1) is 12.2. The van der Waals surface area contributed by atoms with Gasteiger partial charge in [-0.3, -0.25) is 9.59 Å². The SMILES string of the molecule is C=CC(=O)Sc1ccc(-c2c(F)cc(SC(=O)C(=C)C)cc2F)cc1F. The van der Waals surface area contributed by atoms with Gasteiger partial charge >= 0.3 is 0 Å². The minimum Gasteiger partial charge on any atom is -0.282 e. The molecule has 0 fully saturated rings. The average Bonchev–Trinajstić information content (AvgIpc) is 2.56. The number of thioether (sulfide) groups is 2. The third-order valence-electron chi connectivity index (χ3n) is 3.17. The van der Waals surface area contributed by atoms with Crippen LogP contribution in [-0.2, 0) is 9.59 Å². The maximum absolute atomic E-state index is 14.4. The summed E-state index contributed by atoms with van der Waals surface area (Å²) in [5, 5.41) is -0.853. The number of rotatable bonds is 5. The van der Waals surface area contributed by atoms with E-state index in [9.17, 15) is 22.8 Å². The monoisotopic (exact) mass is 394 g/mol. The Morgan fingerprint density at radius 3 is 2.12 bits per heavy atom. The van der Waals surface area contributed by atoms with Gasteiger partial charge in [-0.05, 0) is 71.9 Å². The number of benzene rings is 2. The van der Waals surface area contributed by atoms with Gasteiger partial charge in [-0.2, -0.15) is 0 Å². The second kappa shape index (κ2) is 8.42. The summed E-state index contributed by atoms with van der Waals surface area (Å²) in [6.07, 6.45) is 1.04. The predicted molar refractivity (Wildman–Crippen MR) is 98.5 cm³/mol. The lowest BCUT2D eigenvalue weighted by atomic mass is 10.0. The second-order valence-electron chi connectivity index (χ2n) is 5.20. The topological polar surface area (TPSA) is 34.1 Å². The van der Waals surface area contributed by atoms with Crippen molar-refractivity contribution in [2.45, 2.75) is 16.7 Å². The number of carbonyl (C=O) groups is 2. The molecule has 2 rings (SSSR count). The molecule has 0 aliphatic carbocycles. The highest BCUT2D eigenvalue weighted by atomic mass is 32.2. The maximum Gasteiger partial charge on any atom is 0.219 e. The van der Waals surface area contributed by atoms with E-state index in [1.165, 1.54) is 19.1 Å². The van der Waals surface area contributed by atoms with Crippen LogP contribution in [0.3, 0.4) is 0 Å². The molecule has 0 spiro atoms. The van der Waals surface area contributed by atoms with Gasteiger partial charge in [-0.15, -0.1) is 0 Å². The zero-order valence-corrected chi connectivity index (χ0v) is 15.3. The third-order valence-corrected chi connectivity index (χ3v) is 5.10. The molecule has 0 aliphatic rings. The molecule has 2 aromatic rings. The molecular formula is C19H13F3O2S2. The molecule has 7 heteroatoms. The lowest BCUT2D eigenvalue weighted by Gasteiger charge is -2.09. The molecule has 0 unspecified atom stereocenters. The smallest absolute Gasteiger partial charge is 0.219 e. The van der Waals surface area contributed by atoms with Gasteiger partial charge in [0, 0.05) is 4.90 Å². The predicted octanol–water partition coefficient (Wildman–Crippen LogP) is 5.77. The van der Waals surface area contributed by atoms with E-state index in [-0.39, 0.29) is 20.9 Å². The molecular weight excluding hydrogens is 381 g/mol. The number of halogens is 3. The van der Waals surface area contributed by atoms with Crippen molar-refractivity contribution in [2.75, 3.05) is 0 Å². The van der Waals surface area contributed by atoms with E-state index in [0.717, 1.165) is 24.3 Å². The van der Waals surface area contributed by atoms with E-state index in [1.807, 2.05) is 0 Å². The fourth-order valence-corrected chi connectivity index (χ4v) is 3.27. The standard InChI is InChI=1S/C19H13F3O2S2/c1-4-17(23)26-16-6-5-11(7-13(16)20)18-14(21)8-12(9-15(18)22)25-19(24)10(2)3/h4-9H,1-2H2,3H3. The number of hydrogen-bond donors (Lipinski definition) is 0. The molecule has 26 heavy (non-hydrogen) atoms. The second-order valence-corrected chi connectivity index (χ2v) is 7.29. The summed E-state index contributed by atoms with van der Waals surface area (Å²) in [6, 6.07) is 5.54. The Morgan fingerprint density at radius 2 is 1.62 bits per heavy atom. The summed E-state index contributed by atoms with van der Waals surface area (Å²) < 4.78 is 42.9. The van der Waals surface area contributed by atoms with Crippen LogP contribution < -0.4 is 0 Å². The van der Waals surface area contributed by atoms with Crippen LogP contribution in [-0.4, -0.2) is 10.2 Å². The Bertz CT molecular complexity index is 900. The molecule has 0 bridgehead atoms. The summed E-state index contributed by atoms with van der Waals surface area (Å²) >= 11 is 1.28. The summed E-state index contributed by atoms with van der Waals surface area (Å²) in [7, 11) is 0. The van der Waals surface area contributed by atoms with Gasteiger partial charge in [0.1, 0.15) is 17.5 Å². The van der Waals surface area contributed by atoms with E-state index in [1.54, 1.807) is 0 Å². The van der Waals surface area contributed by atoms with Gasteiger partial charge in [0.25, 0.3) is 0 Å². The molecule has 0 N–H and O–H groups in total. The van der Waals surface area contributed by atoms with E-state index in [4.69, 9.17) is 0 Å². The molecule has 0 radical (unpaired) electrons. The van der Waals surface area contributed by atoms with E-state index in [0.29, 0.717) is 23.5 Å². The zero-order valence-electron chi connectivity index (χ0n) is 13.6. The fourth-order valence-electron chi connectivity index (χ4n) is 1.97. The molecule has 0 aromatic heterocycles. The molecule has 0 saturated carbocycles. The molecule has 0 atom stereocenters. The summed E-state index contributed by atoms with van der Waals surface area (Å²) in [6.45, 7) is 8.26. The van der Waals surface area contributed by atoms with Crippen LogP contribution in [0.2, 0.25) is 0 Å². The van der Waals surface area contributed by atoms with Crippen molar-refractivity contribution in [1.82, 2.24) is 0 Å². The Kier molecular flexibility index (Phi) is 6.50. The van der Waals surface area contributed by atoms with Crippen LogP contribution in [0, 0.1) is 17.5 Å². The first-order valence-electron chi connectivity index (χ1n) is 7.23. The number of hydrogen-bond acceptors (Lipinski definition) is 4. The molecule has 2 aromatic carbocycles. The Balaban J connectivity index is 2.38. The van der Waals surface area contributed by atoms with E-state index < -0.39 is 33.2 Å². The quantitative estimate of drug-likeness (QED) is 0.476. The lowest BCUT2D eigenvalue weighted by molar-refractivity contribution is -0.108. The fraction of sp³-hybridized carbons (Fsp3) is 0.0526. The van der Waals surface area contributed by atoms with Crippen LogP contribution in [0.4, 0.5) is 13.2 Å². The molecule has 0 heterocycles. The lowest BCUT2D eigenvalue weighted by Crippen LogP contribution is -1.96. The van der Waals surface area contributed by atoms with E-state index >= 15 is 0 Å². The Morgan fingerprint density at radius 1 is 1.00 bits per heavy atom. The molecule has 0 saturated heterocycles. The minimum atomic E-state index is -0.927. The van der Waals surface area contributed by atoms with Gasteiger partial charge in [0.2, 0.25) is 10.2 Å². The van der Waals surface area contributed by atoms with E-state index in [2.05, 4.69) is 13.2 Å². The Labute approximate surface area is 157 Å². The van der Waals surface area contributed by atoms with Crippen molar-refractivity contribution >= 4 is 33.8 Å². The average molecular weight is 394 g/mol.